The van der Waals surface area contributed by atoms with Gasteiger partial charge in [-0.05, 0) is 49.7 Å². The second kappa shape index (κ2) is 7.05. The molecular formula is C23H29N3O2. The molecule has 1 aromatic heterocycles. The number of ether oxygens (including phenoxy) is 1. The maximum atomic E-state index is 13.0. The van der Waals surface area contributed by atoms with Crippen LogP contribution >= 0.6 is 0 Å². The van der Waals surface area contributed by atoms with E-state index in [1.165, 1.54) is 23.2 Å². The molecule has 0 N–H and O–H groups in total. The van der Waals surface area contributed by atoms with Gasteiger partial charge in [0, 0.05) is 56.3 Å². The van der Waals surface area contributed by atoms with Crippen molar-refractivity contribution in [3.63, 3.8) is 0 Å². The highest BCUT2D eigenvalue weighted by molar-refractivity contribution is 5.39. The highest BCUT2D eigenvalue weighted by Gasteiger charge is 2.35. The Kier molecular flexibility index (Phi) is 4.52. The minimum atomic E-state index is 0.216. The molecule has 2 aromatic rings. The number of nitrogens with zero attached hydrogens (tertiary/aromatic N) is 3. The number of piperidine rings is 1. The molecule has 5 rings (SSSR count). The van der Waals surface area contributed by atoms with Crippen LogP contribution in [-0.4, -0.2) is 48.2 Å². The van der Waals surface area contributed by atoms with Crippen LogP contribution in [0, 0.1) is 5.92 Å². The molecule has 4 heterocycles. The first kappa shape index (κ1) is 18.0. The van der Waals surface area contributed by atoms with Gasteiger partial charge in [0.05, 0.1) is 6.61 Å². The molecular weight excluding hydrogens is 350 g/mol. The van der Waals surface area contributed by atoms with Gasteiger partial charge in [-0.15, -0.1) is 0 Å². The van der Waals surface area contributed by atoms with Gasteiger partial charge in [0.25, 0.3) is 5.56 Å². The number of pyridine rings is 1. The number of likely N-dealkylation sites (tertiary alicyclic amines) is 1. The highest BCUT2D eigenvalue weighted by atomic mass is 16.5. The van der Waals surface area contributed by atoms with Crippen LogP contribution < -0.4 is 10.3 Å². The summed E-state index contributed by atoms with van der Waals surface area (Å²) in [6.45, 7) is 5.49. The van der Waals surface area contributed by atoms with E-state index in [0.29, 0.717) is 18.4 Å². The molecule has 0 spiro atoms. The van der Waals surface area contributed by atoms with Crippen LogP contribution in [0.25, 0.3) is 0 Å². The maximum absolute atomic E-state index is 13.0. The second-order valence-electron chi connectivity index (χ2n) is 8.97. The van der Waals surface area contributed by atoms with Crippen molar-refractivity contribution in [2.24, 2.45) is 5.92 Å². The molecule has 1 aromatic carbocycles. The third kappa shape index (κ3) is 3.27. The van der Waals surface area contributed by atoms with Crippen LogP contribution in [0.4, 0.5) is 0 Å². The van der Waals surface area contributed by atoms with Crippen LogP contribution in [0.2, 0.25) is 0 Å². The molecule has 5 heteroatoms. The average Bonchev–Trinajstić information content (AvgIpc) is 3.12. The standard InChI is InChI=1S/C23H29N3O2/c1-24(2)14-19-4-5-21-20-10-17(13-26(21)23(19)27)12-25(15-20)11-16-3-6-22-18(9-16)7-8-28-22/h3-6,9,17,20H,7-8,10-15H2,1-2H3/t17-,20+/m0/s1. The molecule has 148 valence electrons. The summed E-state index contributed by atoms with van der Waals surface area (Å²) in [5.74, 6) is 2.09. The van der Waals surface area contributed by atoms with E-state index < -0.39 is 0 Å². The first-order valence-electron chi connectivity index (χ1n) is 10.4. The minimum absolute atomic E-state index is 0.216. The Balaban J connectivity index is 1.36. The Morgan fingerprint density at radius 3 is 2.89 bits per heavy atom. The van der Waals surface area contributed by atoms with E-state index in [0.717, 1.165) is 50.5 Å². The van der Waals surface area contributed by atoms with E-state index in [2.05, 4.69) is 38.6 Å². The van der Waals surface area contributed by atoms with E-state index >= 15 is 0 Å². The molecule has 28 heavy (non-hydrogen) atoms. The molecule has 0 amide bonds. The Labute approximate surface area is 166 Å². The van der Waals surface area contributed by atoms with Crippen LogP contribution in [0.1, 0.15) is 34.7 Å². The number of fused-ring (bicyclic) bond motifs is 5. The van der Waals surface area contributed by atoms with Gasteiger partial charge in [-0.25, -0.2) is 0 Å². The zero-order chi connectivity index (χ0) is 19.3. The van der Waals surface area contributed by atoms with Crippen molar-refractivity contribution >= 4 is 0 Å². The van der Waals surface area contributed by atoms with Gasteiger partial charge in [0.15, 0.2) is 0 Å². The molecule has 1 saturated heterocycles. The summed E-state index contributed by atoms with van der Waals surface area (Å²) in [7, 11) is 4.03. The lowest BCUT2D eigenvalue weighted by atomic mass is 9.82. The van der Waals surface area contributed by atoms with Crippen molar-refractivity contribution in [3.8, 4) is 5.75 Å². The Bertz CT molecular complexity index is 949. The van der Waals surface area contributed by atoms with Gasteiger partial charge in [-0.2, -0.15) is 0 Å². The monoisotopic (exact) mass is 379 g/mol. The minimum Gasteiger partial charge on any atom is -0.493 e. The molecule has 3 aliphatic heterocycles. The molecule has 1 fully saturated rings. The lowest BCUT2D eigenvalue weighted by Gasteiger charge is -2.43. The van der Waals surface area contributed by atoms with Gasteiger partial charge < -0.3 is 14.2 Å². The number of hydrogen-bond donors (Lipinski definition) is 0. The summed E-state index contributed by atoms with van der Waals surface area (Å²) in [6, 6.07) is 10.9. The van der Waals surface area contributed by atoms with Crippen LogP contribution in [0.15, 0.2) is 35.1 Å². The summed E-state index contributed by atoms with van der Waals surface area (Å²) in [5, 5.41) is 0. The van der Waals surface area contributed by atoms with Crippen molar-refractivity contribution in [2.75, 3.05) is 33.8 Å². The second-order valence-corrected chi connectivity index (χ2v) is 8.97. The van der Waals surface area contributed by atoms with Crippen molar-refractivity contribution in [1.82, 2.24) is 14.4 Å². The van der Waals surface area contributed by atoms with Crippen molar-refractivity contribution in [2.45, 2.75) is 38.4 Å². The molecule has 2 atom stereocenters. The predicted molar refractivity (Wildman–Crippen MR) is 110 cm³/mol. The fraction of sp³-hybridized carbons (Fsp3) is 0.522. The topological polar surface area (TPSA) is 37.7 Å². The lowest BCUT2D eigenvalue weighted by Crippen LogP contribution is -2.47. The molecule has 3 aliphatic rings. The predicted octanol–water partition coefficient (Wildman–Crippen LogP) is 2.46. The zero-order valence-electron chi connectivity index (χ0n) is 16.9. The van der Waals surface area contributed by atoms with E-state index in [4.69, 9.17) is 4.74 Å². The van der Waals surface area contributed by atoms with Crippen molar-refractivity contribution in [1.29, 1.82) is 0 Å². The number of aromatic nitrogens is 1. The van der Waals surface area contributed by atoms with Gasteiger partial charge in [-0.3, -0.25) is 9.69 Å². The van der Waals surface area contributed by atoms with E-state index in [1.807, 2.05) is 20.2 Å². The first-order valence-corrected chi connectivity index (χ1v) is 10.4. The highest BCUT2D eigenvalue weighted by Crippen LogP contribution is 2.36. The molecule has 0 radical (unpaired) electrons. The van der Waals surface area contributed by atoms with E-state index in [9.17, 15) is 4.79 Å². The Morgan fingerprint density at radius 1 is 1.14 bits per heavy atom. The SMILES string of the molecule is CN(C)Cc1ccc2n(c1=O)C[C@H]1C[C@@H]2CN(Cc2ccc3c(c2)CCO3)C1. The normalized spacial score (nSPS) is 23.4. The molecule has 2 bridgehead atoms. The number of rotatable bonds is 4. The summed E-state index contributed by atoms with van der Waals surface area (Å²) < 4.78 is 7.71. The maximum Gasteiger partial charge on any atom is 0.255 e. The fourth-order valence-corrected chi connectivity index (χ4v) is 5.28. The van der Waals surface area contributed by atoms with Gasteiger partial charge >= 0.3 is 0 Å². The zero-order valence-corrected chi connectivity index (χ0v) is 16.9. The summed E-state index contributed by atoms with van der Waals surface area (Å²) >= 11 is 0. The molecule has 0 saturated carbocycles. The molecule has 5 nitrogen and oxygen atoms in total. The van der Waals surface area contributed by atoms with Gasteiger partial charge in [0.2, 0.25) is 0 Å². The number of benzene rings is 1. The van der Waals surface area contributed by atoms with Crippen molar-refractivity contribution in [3.05, 3.63) is 63.1 Å². The van der Waals surface area contributed by atoms with Gasteiger partial charge in [0.1, 0.15) is 5.75 Å². The third-order valence-electron chi connectivity index (χ3n) is 6.41. The summed E-state index contributed by atoms with van der Waals surface area (Å²) in [5.41, 5.74) is 5.08. The number of hydrogen-bond acceptors (Lipinski definition) is 4. The fourth-order valence-electron chi connectivity index (χ4n) is 5.28. The lowest BCUT2D eigenvalue weighted by molar-refractivity contribution is 0.114. The van der Waals surface area contributed by atoms with E-state index in [-0.39, 0.29) is 5.56 Å². The Morgan fingerprint density at radius 2 is 2.04 bits per heavy atom. The van der Waals surface area contributed by atoms with E-state index in [1.54, 1.807) is 0 Å². The molecule has 0 aliphatic carbocycles. The first-order chi connectivity index (χ1) is 13.6. The van der Waals surface area contributed by atoms with Crippen molar-refractivity contribution < 1.29 is 4.74 Å². The quantitative estimate of drug-likeness (QED) is 0.818. The summed E-state index contributed by atoms with van der Waals surface area (Å²) in [6.07, 6.45) is 2.24. The third-order valence-corrected chi connectivity index (χ3v) is 6.41. The Hall–Kier alpha value is -2.11. The molecule has 0 unspecified atom stereocenters. The summed E-state index contributed by atoms with van der Waals surface area (Å²) in [4.78, 5) is 17.6. The van der Waals surface area contributed by atoms with Gasteiger partial charge in [-0.1, -0.05) is 18.2 Å². The van der Waals surface area contributed by atoms with Crippen LogP contribution in [0.5, 0.6) is 5.75 Å². The van der Waals surface area contributed by atoms with Crippen LogP contribution in [-0.2, 0) is 26.1 Å². The largest absolute Gasteiger partial charge is 0.493 e. The smallest absolute Gasteiger partial charge is 0.255 e. The van der Waals surface area contributed by atoms with Crippen LogP contribution in [0.3, 0.4) is 0 Å². The average molecular weight is 380 g/mol.